The van der Waals surface area contributed by atoms with Gasteiger partial charge >= 0.3 is 5.91 Å². The number of hydrogen-bond donors (Lipinski definition) is 1. The first-order valence-electron chi connectivity index (χ1n) is 4.64. The topological polar surface area (TPSA) is 55.1 Å². The number of oxazole rings is 1. The van der Waals surface area contributed by atoms with Gasteiger partial charge in [-0.25, -0.2) is 9.37 Å². The smallest absolute Gasteiger partial charge is 0.311 e. The highest BCUT2D eigenvalue weighted by Crippen LogP contribution is 2.10. The van der Waals surface area contributed by atoms with Crippen molar-refractivity contribution in [2.45, 2.75) is 6.92 Å². The van der Waals surface area contributed by atoms with E-state index < -0.39 is 5.91 Å². The Hall–Kier alpha value is -2.17. The van der Waals surface area contributed by atoms with Gasteiger partial charge in [-0.2, -0.15) is 0 Å². The van der Waals surface area contributed by atoms with E-state index in [9.17, 15) is 9.18 Å². The number of rotatable bonds is 2. The van der Waals surface area contributed by atoms with E-state index in [0.717, 1.165) is 0 Å². The largest absolute Gasteiger partial charge is 0.438 e. The lowest BCUT2D eigenvalue weighted by atomic mass is 10.3. The zero-order valence-corrected chi connectivity index (χ0v) is 8.53. The van der Waals surface area contributed by atoms with Crippen LogP contribution in [0.3, 0.4) is 0 Å². The molecular weight excluding hydrogens is 211 g/mol. The van der Waals surface area contributed by atoms with E-state index in [2.05, 4.69) is 10.3 Å². The molecule has 1 aromatic carbocycles. The summed E-state index contributed by atoms with van der Waals surface area (Å²) in [5, 5.41) is 2.54. The fourth-order valence-electron chi connectivity index (χ4n) is 1.18. The molecule has 0 aliphatic rings. The zero-order chi connectivity index (χ0) is 11.5. The van der Waals surface area contributed by atoms with Crippen LogP contribution in [0.4, 0.5) is 10.1 Å². The highest BCUT2D eigenvalue weighted by molar-refractivity contribution is 6.00. The van der Waals surface area contributed by atoms with Crippen molar-refractivity contribution in [1.29, 1.82) is 0 Å². The van der Waals surface area contributed by atoms with Gasteiger partial charge < -0.3 is 9.73 Å². The molecule has 82 valence electrons. The maximum atomic E-state index is 12.6. The third-order valence-electron chi connectivity index (χ3n) is 1.92. The van der Waals surface area contributed by atoms with Gasteiger partial charge in [0.1, 0.15) is 11.6 Å². The standard InChI is InChI=1S/C11H9FN2O2/c1-7-6-13-11(16-7)10(15)14-9-4-2-8(12)3-5-9/h2-6H,1H3,(H,14,15). The molecule has 1 N–H and O–H groups in total. The molecule has 4 nitrogen and oxygen atoms in total. The van der Waals surface area contributed by atoms with Gasteiger partial charge in [0.05, 0.1) is 6.20 Å². The molecule has 0 saturated heterocycles. The van der Waals surface area contributed by atoms with Crippen LogP contribution in [0.5, 0.6) is 0 Å². The summed E-state index contributed by atoms with van der Waals surface area (Å²) in [6, 6.07) is 5.44. The summed E-state index contributed by atoms with van der Waals surface area (Å²) < 4.78 is 17.7. The number of anilines is 1. The fourth-order valence-corrected chi connectivity index (χ4v) is 1.18. The maximum absolute atomic E-state index is 12.6. The van der Waals surface area contributed by atoms with Crippen LogP contribution in [-0.4, -0.2) is 10.9 Å². The molecule has 1 amide bonds. The van der Waals surface area contributed by atoms with E-state index in [1.165, 1.54) is 30.5 Å². The van der Waals surface area contributed by atoms with Crippen molar-refractivity contribution in [2.75, 3.05) is 5.32 Å². The Bertz CT molecular complexity index is 505. The highest BCUT2D eigenvalue weighted by Gasteiger charge is 2.11. The number of carbonyl (C=O) groups excluding carboxylic acids is 1. The molecule has 2 rings (SSSR count). The fraction of sp³-hybridized carbons (Fsp3) is 0.0909. The lowest BCUT2D eigenvalue weighted by Gasteiger charge is -2.01. The van der Waals surface area contributed by atoms with Gasteiger partial charge in [0.25, 0.3) is 5.89 Å². The first-order valence-corrected chi connectivity index (χ1v) is 4.64. The van der Waals surface area contributed by atoms with E-state index >= 15 is 0 Å². The van der Waals surface area contributed by atoms with Crippen LogP contribution in [0.25, 0.3) is 0 Å². The van der Waals surface area contributed by atoms with Crippen molar-refractivity contribution in [3.05, 3.63) is 47.9 Å². The molecule has 0 aliphatic heterocycles. The number of benzene rings is 1. The summed E-state index contributed by atoms with van der Waals surface area (Å²) in [7, 11) is 0. The van der Waals surface area contributed by atoms with Gasteiger partial charge in [0.2, 0.25) is 0 Å². The number of nitrogens with zero attached hydrogens (tertiary/aromatic N) is 1. The predicted octanol–water partition coefficient (Wildman–Crippen LogP) is 2.37. The molecule has 0 spiro atoms. The normalized spacial score (nSPS) is 10.1. The van der Waals surface area contributed by atoms with Crippen LogP contribution < -0.4 is 5.32 Å². The number of hydrogen-bond acceptors (Lipinski definition) is 3. The van der Waals surface area contributed by atoms with Crippen LogP contribution in [0.15, 0.2) is 34.9 Å². The van der Waals surface area contributed by atoms with Gasteiger partial charge in [0, 0.05) is 5.69 Å². The van der Waals surface area contributed by atoms with E-state index in [1.54, 1.807) is 6.92 Å². The summed E-state index contributed by atoms with van der Waals surface area (Å²) in [6.07, 6.45) is 1.46. The van der Waals surface area contributed by atoms with E-state index in [4.69, 9.17) is 4.42 Å². The van der Waals surface area contributed by atoms with Crippen LogP contribution in [0.2, 0.25) is 0 Å². The average Bonchev–Trinajstić information content (AvgIpc) is 2.68. The van der Waals surface area contributed by atoms with Crippen LogP contribution in [0.1, 0.15) is 16.4 Å². The number of aromatic nitrogens is 1. The Morgan fingerprint density at radius 1 is 1.38 bits per heavy atom. The minimum absolute atomic E-state index is 0.0122. The molecule has 0 saturated carbocycles. The summed E-state index contributed by atoms with van der Waals surface area (Å²) >= 11 is 0. The highest BCUT2D eigenvalue weighted by atomic mass is 19.1. The molecule has 0 radical (unpaired) electrons. The number of nitrogens with one attached hydrogen (secondary N) is 1. The van der Waals surface area contributed by atoms with Crippen molar-refractivity contribution in [2.24, 2.45) is 0 Å². The minimum Gasteiger partial charge on any atom is -0.438 e. The Morgan fingerprint density at radius 2 is 2.06 bits per heavy atom. The van der Waals surface area contributed by atoms with Crippen molar-refractivity contribution in [3.63, 3.8) is 0 Å². The third-order valence-corrected chi connectivity index (χ3v) is 1.92. The second-order valence-electron chi connectivity index (χ2n) is 3.24. The van der Waals surface area contributed by atoms with Gasteiger partial charge in [-0.15, -0.1) is 0 Å². The second kappa shape index (κ2) is 4.14. The molecule has 0 atom stereocenters. The Morgan fingerprint density at radius 3 is 2.62 bits per heavy atom. The number of carbonyl (C=O) groups is 1. The maximum Gasteiger partial charge on any atom is 0.311 e. The van der Waals surface area contributed by atoms with Crippen LogP contribution in [0, 0.1) is 12.7 Å². The Balaban J connectivity index is 2.10. The molecular formula is C11H9FN2O2. The molecule has 0 bridgehead atoms. The Kier molecular flexibility index (Phi) is 2.68. The summed E-state index contributed by atoms with van der Waals surface area (Å²) in [6.45, 7) is 1.70. The molecule has 1 heterocycles. The van der Waals surface area contributed by atoms with Gasteiger partial charge in [0.15, 0.2) is 0 Å². The quantitative estimate of drug-likeness (QED) is 0.845. The number of halogens is 1. The average molecular weight is 220 g/mol. The Labute approximate surface area is 91.1 Å². The molecule has 0 aliphatic carbocycles. The van der Waals surface area contributed by atoms with Gasteiger partial charge in [-0.05, 0) is 31.2 Å². The van der Waals surface area contributed by atoms with E-state index in [1.807, 2.05) is 0 Å². The predicted molar refractivity (Wildman–Crippen MR) is 55.6 cm³/mol. The monoisotopic (exact) mass is 220 g/mol. The molecule has 2 aromatic rings. The lowest BCUT2D eigenvalue weighted by molar-refractivity contribution is 0.0989. The van der Waals surface area contributed by atoms with E-state index in [-0.39, 0.29) is 11.7 Å². The molecule has 0 unspecified atom stereocenters. The minimum atomic E-state index is -0.459. The van der Waals surface area contributed by atoms with Crippen molar-refractivity contribution in [1.82, 2.24) is 4.98 Å². The van der Waals surface area contributed by atoms with Crippen molar-refractivity contribution >= 4 is 11.6 Å². The second-order valence-corrected chi connectivity index (χ2v) is 3.24. The molecule has 1 aromatic heterocycles. The van der Waals surface area contributed by atoms with Crippen molar-refractivity contribution < 1.29 is 13.6 Å². The van der Waals surface area contributed by atoms with Crippen LogP contribution >= 0.6 is 0 Å². The van der Waals surface area contributed by atoms with Gasteiger partial charge in [-0.1, -0.05) is 0 Å². The first kappa shape index (κ1) is 10.4. The zero-order valence-electron chi connectivity index (χ0n) is 8.53. The first-order chi connectivity index (χ1) is 7.65. The summed E-state index contributed by atoms with van der Waals surface area (Å²) in [5.41, 5.74) is 0.488. The SMILES string of the molecule is Cc1cnc(C(=O)Nc2ccc(F)cc2)o1. The van der Waals surface area contributed by atoms with Crippen molar-refractivity contribution in [3.8, 4) is 0 Å². The summed E-state index contributed by atoms with van der Waals surface area (Å²) in [5.74, 6) is -0.268. The molecule has 5 heteroatoms. The summed E-state index contributed by atoms with van der Waals surface area (Å²) in [4.78, 5) is 15.3. The molecule has 16 heavy (non-hydrogen) atoms. The third kappa shape index (κ3) is 2.25. The van der Waals surface area contributed by atoms with E-state index in [0.29, 0.717) is 11.4 Å². The molecule has 0 fully saturated rings. The lowest BCUT2D eigenvalue weighted by Crippen LogP contribution is -2.12. The van der Waals surface area contributed by atoms with Gasteiger partial charge in [-0.3, -0.25) is 4.79 Å². The number of amides is 1. The van der Waals surface area contributed by atoms with Crippen LogP contribution in [-0.2, 0) is 0 Å². The number of aryl methyl sites for hydroxylation is 1.